The van der Waals surface area contributed by atoms with Gasteiger partial charge in [-0.25, -0.2) is 0 Å². The molecular formula is C11H12F6. The van der Waals surface area contributed by atoms with Gasteiger partial charge in [-0.1, -0.05) is 24.6 Å². The van der Waals surface area contributed by atoms with Gasteiger partial charge in [0.1, 0.15) is 0 Å². The Bertz CT molecular complexity index is 344. The first kappa shape index (κ1) is 14.1. The van der Waals surface area contributed by atoms with Crippen LogP contribution in [0.15, 0.2) is 23.3 Å². The van der Waals surface area contributed by atoms with E-state index in [4.69, 9.17) is 0 Å². The van der Waals surface area contributed by atoms with Crippen LogP contribution in [0.3, 0.4) is 0 Å². The maximum absolute atomic E-state index is 12.6. The predicted molar refractivity (Wildman–Crippen MR) is 51.2 cm³/mol. The minimum Gasteiger partial charge on any atom is -0.171 e. The van der Waals surface area contributed by atoms with Crippen LogP contribution < -0.4 is 0 Å². The summed E-state index contributed by atoms with van der Waals surface area (Å²) in [4.78, 5) is 0. The minimum absolute atomic E-state index is 0.227. The van der Waals surface area contributed by atoms with E-state index in [1.165, 1.54) is 19.9 Å². The van der Waals surface area contributed by atoms with E-state index in [1.54, 1.807) is 0 Å². The van der Waals surface area contributed by atoms with Crippen LogP contribution in [0, 0.1) is 11.8 Å². The zero-order valence-electron chi connectivity index (χ0n) is 9.28. The van der Waals surface area contributed by atoms with Crippen molar-refractivity contribution in [3.05, 3.63) is 23.3 Å². The summed E-state index contributed by atoms with van der Waals surface area (Å²) < 4.78 is 74.5. The Morgan fingerprint density at radius 2 is 1.65 bits per heavy atom. The lowest BCUT2D eigenvalue weighted by Crippen LogP contribution is -2.28. The molecule has 2 atom stereocenters. The van der Waals surface area contributed by atoms with E-state index in [2.05, 4.69) is 0 Å². The van der Waals surface area contributed by atoms with Gasteiger partial charge in [0.05, 0.1) is 6.42 Å². The lowest BCUT2D eigenvalue weighted by Gasteiger charge is -2.29. The molecule has 0 unspecified atom stereocenters. The van der Waals surface area contributed by atoms with Gasteiger partial charge in [-0.05, 0) is 18.8 Å². The molecule has 0 aromatic heterocycles. The highest BCUT2D eigenvalue weighted by Crippen LogP contribution is 2.42. The third-order valence-corrected chi connectivity index (χ3v) is 2.79. The van der Waals surface area contributed by atoms with Crippen molar-refractivity contribution in [1.82, 2.24) is 0 Å². The Morgan fingerprint density at radius 1 is 1.12 bits per heavy atom. The van der Waals surface area contributed by atoms with Crippen LogP contribution >= 0.6 is 0 Å². The molecule has 1 aliphatic rings. The largest absolute Gasteiger partial charge is 0.412 e. The summed E-state index contributed by atoms with van der Waals surface area (Å²) in [6.45, 7) is 2.56. The molecular weight excluding hydrogens is 246 g/mol. The summed E-state index contributed by atoms with van der Waals surface area (Å²) in [6.07, 6.45) is -8.08. The van der Waals surface area contributed by atoms with Crippen LogP contribution in [0.25, 0.3) is 0 Å². The zero-order valence-corrected chi connectivity index (χ0v) is 9.28. The number of rotatable bonds is 1. The minimum atomic E-state index is -4.57. The molecule has 0 spiro atoms. The summed E-state index contributed by atoms with van der Waals surface area (Å²) in [6, 6.07) is 0. The van der Waals surface area contributed by atoms with Gasteiger partial charge >= 0.3 is 12.4 Å². The van der Waals surface area contributed by atoms with Gasteiger partial charge in [-0.3, -0.25) is 0 Å². The first-order chi connectivity index (χ1) is 7.50. The Kier molecular flexibility index (Phi) is 3.64. The molecule has 0 heterocycles. The Balaban J connectivity index is 2.97. The predicted octanol–water partition coefficient (Wildman–Crippen LogP) is 4.64. The van der Waals surface area contributed by atoms with E-state index in [-0.39, 0.29) is 5.57 Å². The average molecular weight is 258 g/mol. The second kappa shape index (κ2) is 4.38. The highest BCUT2D eigenvalue weighted by atomic mass is 19.4. The summed E-state index contributed by atoms with van der Waals surface area (Å²) in [5.41, 5.74) is -0.656. The molecule has 0 N–H and O–H groups in total. The SMILES string of the molecule is CC1=C[C@H](CC(F)(F)F)[C@@H](C)C(C(F)(F)F)=C1. The van der Waals surface area contributed by atoms with Crippen molar-refractivity contribution in [3.63, 3.8) is 0 Å². The van der Waals surface area contributed by atoms with Crippen LogP contribution in [0.2, 0.25) is 0 Å². The molecule has 1 rings (SSSR count). The Morgan fingerprint density at radius 3 is 2.06 bits per heavy atom. The maximum Gasteiger partial charge on any atom is 0.412 e. The first-order valence-corrected chi connectivity index (χ1v) is 5.04. The van der Waals surface area contributed by atoms with E-state index in [9.17, 15) is 26.3 Å². The monoisotopic (exact) mass is 258 g/mol. The van der Waals surface area contributed by atoms with Crippen LogP contribution in [0.4, 0.5) is 26.3 Å². The highest BCUT2D eigenvalue weighted by Gasteiger charge is 2.43. The molecule has 1 aliphatic carbocycles. The fourth-order valence-corrected chi connectivity index (χ4v) is 1.98. The van der Waals surface area contributed by atoms with E-state index in [0.717, 1.165) is 6.08 Å². The van der Waals surface area contributed by atoms with Crippen LogP contribution in [-0.2, 0) is 0 Å². The van der Waals surface area contributed by atoms with E-state index >= 15 is 0 Å². The van der Waals surface area contributed by atoms with Crippen molar-refractivity contribution < 1.29 is 26.3 Å². The summed E-state index contributed by atoms with van der Waals surface area (Å²) >= 11 is 0. The van der Waals surface area contributed by atoms with Crippen molar-refractivity contribution in [2.75, 3.05) is 0 Å². The standard InChI is InChI=1S/C11H12F6/c1-6-3-8(5-10(12,13)14)7(2)9(4-6)11(15,16)17/h3-4,7-8H,5H2,1-2H3/t7-,8-/m1/s1. The molecule has 0 aromatic rings. The summed E-state index contributed by atoms with van der Waals surface area (Å²) in [5.74, 6) is -2.31. The Labute approximate surface area is 95.0 Å². The molecule has 0 aromatic carbocycles. The zero-order chi connectivity index (χ0) is 13.4. The van der Waals surface area contributed by atoms with E-state index in [1.807, 2.05) is 0 Å². The summed E-state index contributed by atoms with van der Waals surface area (Å²) in [5, 5.41) is 0. The highest BCUT2D eigenvalue weighted by molar-refractivity contribution is 5.32. The van der Waals surface area contributed by atoms with Crippen LogP contribution in [0.5, 0.6) is 0 Å². The smallest absolute Gasteiger partial charge is 0.171 e. The fraction of sp³-hybridized carbons (Fsp3) is 0.636. The summed E-state index contributed by atoms with van der Waals surface area (Å²) in [7, 11) is 0. The van der Waals surface area contributed by atoms with Gasteiger partial charge < -0.3 is 0 Å². The average Bonchev–Trinajstić information content (AvgIpc) is 2.06. The van der Waals surface area contributed by atoms with E-state index < -0.39 is 36.2 Å². The first-order valence-electron chi connectivity index (χ1n) is 5.04. The molecule has 0 amide bonds. The number of alkyl halides is 6. The lowest BCUT2D eigenvalue weighted by atomic mass is 9.79. The quantitative estimate of drug-likeness (QED) is 0.601. The van der Waals surface area contributed by atoms with Crippen LogP contribution in [-0.4, -0.2) is 12.4 Å². The second-order valence-electron chi connectivity index (χ2n) is 4.28. The van der Waals surface area contributed by atoms with Crippen molar-refractivity contribution in [2.45, 2.75) is 32.6 Å². The van der Waals surface area contributed by atoms with Crippen LogP contribution in [0.1, 0.15) is 20.3 Å². The second-order valence-corrected chi connectivity index (χ2v) is 4.28. The van der Waals surface area contributed by atoms with Gasteiger partial charge in [0.15, 0.2) is 0 Å². The Hall–Kier alpha value is -0.940. The molecule has 0 radical (unpaired) electrons. The van der Waals surface area contributed by atoms with Crippen molar-refractivity contribution in [1.29, 1.82) is 0 Å². The third-order valence-electron chi connectivity index (χ3n) is 2.79. The fourth-order valence-electron chi connectivity index (χ4n) is 1.98. The number of allylic oxidation sites excluding steroid dienone is 4. The van der Waals surface area contributed by atoms with Crippen molar-refractivity contribution >= 4 is 0 Å². The van der Waals surface area contributed by atoms with Gasteiger partial charge in [-0.2, -0.15) is 26.3 Å². The topological polar surface area (TPSA) is 0 Å². The maximum atomic E-state index is 12.6. The van der Waals surface area contributed by atoms with Crippen molar-refractivity contribution in [3.8, 4) is 0 Å². The van der Waals surface area contributed by atoms with Gasteiger partial charge in [-0.15, -0.1) is 0 Å². The molecule has 0 bridgehead atoms. The molecule has 0 aliphatic heterocycles. The molecule has 0 fully saturated rings. The van der Waals surface area contributed by atoms with Gasteiger partial charge in [0, 0.05) is 5.57 Å². The normalized spacial score (nSPS) is 26.6. The molecule has 6 heteroatoms. The number of halogens is 6. The molecule has 17 heavy (non-hydrogen) atoms. The molecule has 98 valence electrons. The molecule has 0 saturated heterocycles. The van der Waals surface area contributed by atoms with Crippen molar-refractivity contribution in [2.24, 2.45) is 11.8 Å². The molecule has 0 nitrogen and oxygen atoms in total. The van der Waals surface area contributed by atoms with E-state index in [0.29, 0.717) is 0 Å². The molecule has 0 saturated carbocycles. The third kappa shape index (κ3) is 3.78. The number of hydrogen-bond acceptors (Lipinski definition) is 0. The number of hydrogen-bond donors (Lipinski definition) is 0. The van der Waals surface area contributed by atoms with Gasteiger partial charge in [0.25, 0.3) is 0 Å². The lowest BCUT2D eigenvalue weighted by molar-refractivity contribution is -0.147. The van der Waals surface area contributed by atoms with Gasteiger partial charge in [0.2, 0.25) is 0 Å².